The minimum atomic E-state index is 0.0215. The standard InChI is InChI=1S/C18H20BrNOS/c1-13(15-8-10-17(19)11-9-15)20-18(21)12-22-14(2)16-6-4-3-5-7-16/h3-11,13-14H,12H2,1-2H3,(H,20,21)/t13-,14+/m1/s1. The maximum absolute atomic E-state index is 12.1. The zero-order valence-electron chi connectivity index (χ0n) is 12.8. The van der Waals surface area contributed by atoms with Gasteiger partial charge in [0.1, 0.15) is 0 Å². The SMILES string of the molecule is C[C@H](SCC(=O)N[C@H](C)c1ccc(Br)cc1)c1ccccc1. The van der Waals surface area contributed by atoms with Gasteiger partial charge in [0.2, 0.25) is 5.91 Å². The first-order valence-corrected chi connectivity index (χ1v) is 9.12. The molecule has 0 unspecified atom stereocenters. The van der Waals surface area contributed by atoms with Crippen molar-refractivity contribution in [2.45, 2.75) is 25.1 Å². The second-order valence-corrected chi connectivity index (χ2v) is 7.45. The third-order valence-electron chi connectivity index (χ3n) is 3.48. The van der Waals surface area contributed by atoms with E-state index in [4.69, 9.17) is 0 Å². The van der Waals surface area contributed by atoms with Crippen LogP contribution in [0.4, 0.5) is 0 Å². The zero-order chi connectivity index (χ0) is 15.9. The van der Waals surface area contributed by atoms with E-state index in [1.54, 1.807) is 11.8 Å². The summed E-state index contributed by atoms with van der Waals surface area (Å²) in [6, 6.07) is 18.3. The Bertz CT molecular complexity index is 600. The van der Waals surface area contributed by atoms with Crippen LogP contribution in [0.1, 0.15) is 36.3 Å². The molecule has 0 aliphatic carbocycles. The summed E-state index contributed by atoms with van der Waals surface area (Å²) >= 11 is 5.08. The number of rotatable bonds is 6. The Morgan fingerprint density at radius 2 is 1.68 bits per heavy atom. The molecule has 22 heavy (non-hydrogen) atoms. The monoisotopic (exact) mass is 377 g/mol. The maximum atomic E-state index is 12.1. The van der Waals surface area contributed by atoms with Gasteiger partial charge < -0.3 is 5.32 Å². The number of halogens is 1. The number of carbonyl (C=O) groups excluding carboxylic acids is 1. The lowest BCUT2D eigenvalue weighted by atomic mass is 10.1. The number of benzene rings is 2. The molecule has 0 radical (unpaired) electrons. The maximum Gasteiger partial charge on any atom is 0.230 e. The molecule has 0 aliphatic heterocycles. The molecule has 0 aromatic heterocycles. The Hall–Kier alpha value is -1.26. The molecule has 2 aromatic rings. The second kappa shape index (κ2) is 8.39. The highest BCUT2D eigenvalue weighted by molar-refractivity contribution is 9.10. The van der Waals surface area contributed by atoms with Gasteiger partial charge in [0.05, 0.1) is 11.8 Å². The lowest BCUT2D eigenvalue weighted by Gasteiger charge is -2.16. The van der Waals surface area contributed by atoms with E-state index in [1.807, 2.05) is 49.4 Å². The molecule has 0 heterocycles. The molecule has 0 fully saturated rings. The van der Waals surface area contributed by atoms with Gasteiger partial charge in [0, 0.05) is 9.72 Å². The molecule has 2 rings (SSSR count). The fourth-order valence-electron chi connectivity index (χ4n) is 2.14. The van der Waals surface area contributed by atoms with E-state index >= 15 is 0 Å². The summed E-state index contributed by atoms with van der Waals surface area (Å²) in [6.07, 6.45) is 0. The Morgan fingerprint density at radius 3 is 2.32 bits per heavy atom. The fourth-order valence-corrected chi connectivity index (χ4v) is 3.24. The van der Waals surface area contributed by atoms with E-state index in [0.717, 1.165) is 10.0 Å². The number of hydrogen-bond donors (Lipinski definition) is 1. The molecule has 2 atom stereocenters. The van der Waals surface area contributed by atoms with E-state index in [1.165, 1.54) is 5.56 Å². The van der Waals surface area contributed by atoms with Crippen molar-refractivity contribution < 1.29 is 4.79 Å². The summed E-state index contributed by atoms with van der Waals surface area (Å²) in [5.74, 6) is 0.542. The minimum absolute atomic E-state index is 0.0215. The summed E-state index contributed by atoms with van der Waals surface area (Å²) in [7, 11) is 0. The Kier molecular flexibility index (Phi) is 6.52. The average molecular weight is 378 g/mol. The first-order chi connectivity index (χ1) is 10.6. The molecule has 4 heteroatoms. The van der Waals surface area contributed by atoms with Crippen LogP contribution in [0.3, 0.4) is 0 Å². The minimum Gasteiger partial charge on any atom is -0.349 e. The molecular formula is C18H20BrNOS. The molecule has 1 amide bonds. The van der Waals surface area contributed by atoms with Gasteiger partial charge in [-0.2, -0.15) is 0 Å². The number of carbonyl (C=O) groups is 1. The van der Waals surface area contributed by atoms with E-state index in [9.17, 15) is 4.79 Å². The van der Waals surface area contributed by atoms with Crippen molar-refractivity contribution in [2.75, 3.05) is 5.75 Å². The smallest absolute Gasteiger partial charge is 0.230 e. The molecule has 0 spiro atoms. The Morgan fingerprint density at radius 1 is 1.05 bits per heavy atom. The van der Waals surface area contributed by atoms with Gasteiger partial charge in [-0.1, -0.05) is 58.4 Å². The summed E-state index contributed by atoms with van der Waals surface area (Å²) in [4.78, 5) is 12.1. The number of hydrogen-bond acceptors (Lipinski definition) is 2. The highest BCUT2D eigenvalue weighted by atomic mass is 79.9. The molecule has 0 bridgehead atoms. The van der Waals surface area contributed by atoms with Crippen molar-refractivity contribution in [1.82, 2.24) is 5.32 Å². The van der Waals surface area contributed by atoms with Crippen molar-refractivity contribution in [3.63, 3.8) is 0 Å². The first-order valence-electron chi connectivity index (χ1n) is 7.27. The third-order valence-corrected chi connectivity index (χ3v) is 5.21. The van der Waals surface area contributed by atoms with Crippen LogP contribution in [0.2, 0.25) is 0 Å². The molecule has 0 saturated carbocycles. The summed E-state index contributed by atoms with van der Waals surface area (Å²) in [5.41, 5.74) is 2.36. The van der Waals surface area contributed by atoms with E-state index in [2.05, 4.69) is 40.3 Å². The van der Waals surface area contributed by atoms with Gasteiger partial charge in [-0.15, -0.1) is 11.8 Å². The van der Waals surface area contributed by atoms with E-state index < -0.39 is 0 Å². The van der Waals surface area contributed by atoms with Crippen molar-refractivity contribution >= 4 is 33.6 Å². The van der Waals surface area contributed by atoms with Crippen LogP contribution in [0.15, 0.2) is 59.1 Å². The van der Waals surface area contributed by atoms with E-state index in [0.29, 0.717) is 11.0 Å². The highest BCUT2D eigenvalue weighted by Gasteiger charge is 2.12. The van der Waals surface area contributed by atoms with Crippen LogP contribution in [0.5, 0.6) is 0 Å². The normalized spacial score (nSPS) is 13.4. The predicted molar refractivity (Wildman–Crippen MR) is 98.0 cm³/mol. The van der Waals surface area contributed by atoms with Gasteiger partial charge in [-0.05, 0) is 37.1 Å². The Labute approximate surface area is 144 Å². The van der Waals surface area contributed by atoms with Crippen molar-refractivity contribution in [3.8, 4) is 0 Å². The van der Waals surface area contributed by atoms with Gasteiger partial charge in [0.15, 0.2) is 0 Å². The van der Waals surface area contributed by atoms with Crippen molar-refractivity contribution in [1.29, 1.82) is 0 Å². The van der Waals surface area contributed by atoms with Crippen molar-refractivity contribution in [3.05, 3.63) is 70.2 Å². The van der Waals surface area contributed by atoms with Gasteiger partial charge in [0.25, 0.3) is 0 Å². The van der Waals surface area contributed by atoms with Gasteiger partial charge >= 0.3 is 0 Å². The van der Waals surface area contributed by atoms with Gasteiger partial charge in [-0.25, -0.2) is 0 Å². The zero-order valence-corrected chi connectivity index (χ0v) is 15.2. The number of amides is 1. The summed E-state index contributed by atoms with van der Waals surface area (Å²) < 4.78 is 1.04. The molecule has 2 aromatic carbocycles. The highest BCUT2D eigenvalue weighted by Crippen LogP contribution is 2.27. The second-order valence-electron chi connectivity index (χ2n) is 5.20. The van der Waals surface area contributed by atoms with Crippen molar-refractivity contribution in [2.24, 2.45) is 0 Å². The number of thioether (sulfide) groups is 1. The molecule has 0 aliphatic rings. The van der Waals surface area contributed by atoms with Crippen LogP contribution in [0, 0.1) is 0 Å². The van der Waals surface area contributed by atoms with Crippen LogP contribution in [-0.2, 0) is 4.79 Å². The van der Waals surface area contributed by atoms with Crippen LogP contribution in [0.25, 0.3) is 0 Å². The van der Waals surface area contributed by atoms with Crippen LogP contribution in [-0.4, -0.2) is 11.7 Å². The molecular weight excluding hydrogens is 358 g/mol. The molecule has 1 N–H and O–H groups in total. The largest absolute Gasteiger partial charge is 0.349 e. The quantitative estimate of drug-likeness (QED) is 0.756. The Balaban J connectivity index is 1.81. The lowest BCUT2D eigenvalue weighted by molar-refractivity contribution is -0.119. The number of nitrogens with one attached hydrogen (secondary N) is 1. The molecule has 2 nitrogen and oxygen atoms in total. The average Bonchev–Trinajstić information content (AvgIpc) is 2.54. The van der Waals surface area contributed by atoms with Crippen LogP contribution >= 0.6 is 27.7 Å². The van der Waals surface area contributed by atoms with Gasteiger partial charge in [-0.3, -0.25) is 4.79 Å². The van der Waals surface area contributed by atoms with E-state index in [-0.39, 0.29) is 11.9 Å². The predicted octanol–water partition coefficient (Wildman–Crippen LogP) is 5.12. The van der Waals surface area contributed by atoms with Crippen LogP contribution < -0.4 is 5.32 Å². The fraction of sp³-hybridized carbons (Fsp3) is 0.278. The topological polar surface area (TPSA) is 29.1 Å². The first kappa shape index (κ1) is 17.1. The molecule has 0 saturated heterocycles. The third kappa shape index (κ3) is 5.18. The summed E-state index contributed by atoms with van der Waals surface area (Å²) in [6.45, 7) is 4.14. The lowest BCUT2D eigenvalue weighted by Crippen LogP contribution is -2.28. The summed E-state index contributed by atoms with van der Waals surface area (Å²) in [5, 5.41) is 3.36. The molecule has 116 valence electrons.